The minimum Gasteiger partial charge on any atom is -0.464 e. The van der Waals surface area contributed by atoms with Crippen molar-refractivity contribution >= 4 is 5.91 Å². The summed E-state index contributed by atoms with van der Waals surface area (Å²) >= 11 is 0. The Labute approximate surface area is 165 Å². The lowest BCUT2D eigenvalue weighted by Crippen LogP contribution is -2.42. The number of carbonyl (C=O) groups is 1. The van der Waals surface area contributed by atoms with E-state index in [0.29, 0.717) is 19.5 Å². The van der Waals surface area contributed by atoms with Crippen molar-refractivity contribution in [3.63, 3.8) is 0 Å². The third kappa shape index (κ3) is 4.72. The predicted octanol–water partition coefficient (Wildman–Crippen LogP) is 1.73. The van der Waals surface area contributed by atoms with Crippen LogP contribution in [0.4, 0.5) is 0 Å². The molecule has 1 N–H and O–H groups in total. The van der Waals surface area contributed by atoms with Crippen molar-refractivity contribution in [2.75, 3.05) is 39.4 Å². The van der Waals surface area contributed by atoms with Gasteiger partial charge in [-0.15, -0.1) is 0 Å². The molecule has 1 aliphatic heterocycles. The smallest absolute Gasteiger partial charge is 0.257 e. The molecular weight excluding hydrogens is 358 g/mol. The Bertz CT molecular complexity index is 878. The molecule has 1 fully saturated rings. The maximum absolute atomic E-state index is 12.8. The first-order chi connectivity index (χ1) is 13.5. The number of aromatic nitrogens is 1. The molecule has 1 aliphatic rings. The Balaban J connectivity index is 1.77. The summed E-state index contributed by atoms with van der Waals surface area (Å²) in [7, 11) is 0. The van der Waals surface area contributed by atoms with E-state index in [0.717, 1.165) is 55.8 Å². The highest BCUT2D eigenvalue weighted by molar-refractivity contribution is 5.95. The molecule has 0 radical (unpaired) electrons. The molecule has 3 rings (SSSR count). The van der Waals surface area contributed by atoms with E-state index < -0.39 is 0 Å². The summed E-state index contributed by atoms with van der Waals surface area (Å²) in [6.45, 7) is 10.7. The highest BCUT2D eigenvalue weighted by Crippen LogP contribution is 2.15. The largest absolute Gasteiger partial charge is 0.464 e. The van der Waals surface area contributed by atoms with Gasteiger partial charge in [-0.2, -0.15) is 0 Å². The second kappa shape index (κ2) is 9.21. The van der Waals surface area contributed by atoms with Crippen LogP contribution in [0.2, 0.25) is 0 Å². The van der Waals surface area contributed by atoms with Gasteiger partial charge in [0, 0.05) is 43.6 Å². The van der Waals surface area contributed by atoms with E-state index in [9.17, 15) is 9.59 Å². The van der Waals surface area contributed by atoms with Gasteiger partial charge >= 0.3 is 0 Å². The molecule has 7 heteroatoms. The van der Waals surface area contributed by atoms with E-state index in [2.05, 4.69) is 10.2 Å². The van der Waals surface area contributed by atoms with E-state index in [-0.39, 0.29) is 16.9 Å². The maximum Gasteiger partial charge on any atom is 0.257 e. The zero-order valence-corrected chi connectivity index (χ0v) is 16.9. The number of nitrogens with zero attached hydrogens (tertiary/aromatic N) is 2. The van der Waals surface area contributed by atoms with Gasteiger partial charge in [-0.3, -0.25) is 14.5 Å². The first-order valence-electron chi connectivity index (χ1n) is 9.86. The summed E-state index contributed by atoms with van der Waals surface area (Å²) < 4.78 is 13.0. The fraction of sp³-hybridized carbons (Fsp3) is 0.524. The zero-order chi connectivity index (χ0) is 20.1. The summed E-state index contributed by atoms with van der Waals surface area (Å²) in [6.07, 6.45) is 0.586. The molecule has 0 aromatic carbocycles. The zero-order valence-electron chi connectivity index (χ0n) is 16.9. The number of hydrogen-bond donors (Lipinski definition) is 1. The van der Waals surface area contributed by atoms with Crippen LogP contribution in [-0.2, 0) is 17.7 Å². The average molecular weight is 387 g/mol. The Morgan fingerprint density at radius 1 is 1.21 bits per heavy atom. The van der Waals surface area contributed by atoms with Gasteiger partial charge in [-0.25, -0.2) is 0 Å². The summed E-state index contributed by atoms with van der Waals surface area (Å²) in [5.74, 6) is 1.34. The van der Waals surface area contributed by atoms with Crippen LogP contribution >= 0.6 is 0 Å². The van der Waals surface area contributed by atoms with Crippen LogP contribution < -0.4 is 10.7 Å². The van der Waals surface area contributed by atoms with Crippen molar-refractivity contribution < 1.29 is 13.9 Å². The lowest BCUT2D eigenvalue weighted by Gasteiger charge is -2.26. The van der Waals surface area contributed by atoms with Crippen molar-refractivity contribution in [2.24, 2.45) is 0 Å². The molecule has 152 valence electrons. The number of aryl methyl sites for hydroxylation is 2. The maximum atomic E-state index is 12.8. The number of morpholine rings is 1. The second-order valence-corrected chi connectivity index (χ2v) is 7.13. The normalized spacial score (nSPS) is 15.0. The monoisotopic (exact) mass is 387 g/mol. The summed E-state index contributed by atoms with van der Waals surface area (Å²) in [4.78, 5) is 27.7. The van der Waals surface area contributed by atoms with Gasteiger partial charge in [0.25, 0.3) is 5.91 Å². The summed E-state index contributed by atoms with van der Waals surface area (Å²) in [5, 5.41) is 2.92. The molecule has 0 saturated carbocycles. The van der Waals surface area contributed by atoms with E-state index in [1.165, 1.54) is 6.07 Å². The summed E-state index contributed by atoms with van der Waals surface area (Å²) in [6, 6.07) is 5.37. The number of nitrogens with one attached hydrogen (secondary N) is 1. The van der Waals surface area contributed by atoms with Gasteiger partial charge in [0.2, 0.25) is 0 Å². The SMILES string of the molecule is CCc1c(C(=O)NCCN2CCOCC2)c(=O)cc(C)n1Cc1ccc(C)o1. The van der Waals surface area contributed by atoms with E-state index in [4.69, 9.17) is 9.15 Å². The molecule has 1 amide bonds. The lowest BCUT2D eigenvalue weighted by molar-refractivity contribution is 0.0383. The van der Waals surface area contributed by atoms with Crippen LogP contribution in [0.3, 0.4) is 0 Å². The third-order valence-corrected chi connectivity index (χ3v) is 5.12. The summed E-state index contributed by atoms with van der Waals surface area (Å²) in [5.41, 5.74) is 1.56. The first-order valence-corrected chi connectivity index (χ1v) is 9.86. The van der Waals surface area contributed by atoms with E-state index >= 15 is 0 Å². The molecule has 1 saturated heterocycles. The van der Waals surface area contributed by atoms with Gasteiger partial charge in [0.05, 0.1) is 19.8 Å². The highest BCUT2D eigenvalue weighted by Gasteiger charge is 2.20. The lowest BCUT2D eigenvalue weighted by atomic mass is 10.1. The number of ether oxygens (including phenoxy) is 1. The Morgan fingerprint density at radius 3 is 2.61 bits per heavy atom. The van der Waals surface area contributed by atoms with Crippen LogP contribution in [0.1, 0.15) is 40.2 Å². The van der Waals surface area contributed by atoms with Crippen LogP contribution in [0, 0.1) is 13.8 Å². The van der Waals surface area contributed by atoms with Gasteiger partial charge in [0.15, 0.2) is 5.43 Å². The minimum absolute atomic E-state index is 0.231. The van der Waals surface area contributed by atoms with Crippen LogP contribution in [0.25, 0.3) is 0 Å². The van der Waals surface area contributed by atoms with Gasteiger partial charge < -0.3 is 19.0 Å². The molecule has 7 nitrogen and oxygen atoms in total. The van der Waals surface area contributed by atoms with Crippen molar-refractivity contribution in [1.82, 2.24) is 14.8 Å². The molecule has 2 aromatic heterocycles. The number of pyridine rings is 1. The second-order valence-electron chi connectivity index (χ2n) is 7.13. The molecule has 0 bridgehead atoms. The van der Waals surface area contributed by atoms with Gasteiger partial charge in [-0.05, 0) is 32.4 Å². The number of hydrogen-bond acceptors (Lipinski definition) is 5. The molecule has 3 heterocycles. The molecule has 2 aromatic rings. The number of furan rings is 1. The van der Waals surface area contributed by atoms with E-state index in [1.807, 2.05) is 37.5 Å². The van der Waals surface area contributed by atoms with Crippen LogP contribution in [0.5, 0.6) is 0 Å². The standard InChI is InChI=1S/C21H29N3O4/c1-4-18-20(21(26)22-7-8-23-9-11-27-12-10-23)19(25)13-15(2)24(18)14-17-6-5-16(3)28-17/h5-6,13H,4,7-12,14H2,1-3H3,(H,22,26). The number of carbonyl (C=O) groups excluding carboxylic acids is 1. The Morgan fingerprint density at radius 2 is 1.96 bits per heavy atom. The van der Waals surface area contributed by atoms with Crippen molar-refractivity contribution in [3.8, 4) is 0 Å². The molecule has 0 aliphatic carbocycles. The van der Waals surface area contributed by atoms with Crippen molar-refractivity contribution in [3.05, 3.63) is 56.9 Å². The van der Waals surface area contributed by atoms with Crippen molar-refractivity contribution in [1.29, 1.82) is 0 Å². The third-order valence-electron chi connectivity index (χ3n) is 5.12. The van der Waals surface area contributed by atoms with Crippen molar-refractivity contribution in [2.45, 2.75) is 33.7 Å². The molecule has 0 spiro atoms. The van der Waals surface area contributed by atoms with Crippen LogP contribution in [0.15, 0.2) is 27.4 Å². The quantitative estimate of drug-likeness (QED) is 0.783. The van der Waals surface area contributed by atoms with Gasteiger partial charge in [0.1, 0.15) is 17.1 Å². The molecule has 0 unspecified atom stereocenters. The first kappa shape index (κ1) is 20.4. The highest BCUT2D eigenvalue weighted by atomic mass is 16.5. The number of amides is 1. The van der Waals surface area contributed by atoms with Gasteiger partial charge in [-0.1, -0.05) is 6.92 Å². The Kier molecular flexibility index (Phi) is 6.70. The molecule has 0 atom stereocenters. The average Bonchev–Trinajstić information content (AvgIpc) is 3.09. The fourth-order valence-electron chi connectivity index (χ4n) is 3.63. The predicted molar refractivity (Wildman–Crippen MR) is 107 cm³/mol. The Hall–Kier alpha value is -2.38. The molecule has 28 heavy (non-hydrogen) atoms. The topological polar surface area (TPSA) is 76.7 Å². The molecular formula is C21H29N3O4. The van der Waals surface area contributed by atoms with E-state index in [1.54, 1.807) is 0 Å². The number of rotatable bonds is 7. The minimum atomic E-state index is -0.306. The van der Waals surface area contributed by atoms with Crippen LogP contribution in [-0.4, -0.2) is 54.8 Å². The fourth-order valence-corrected chi connectivity index (χ4v) is 3.63.